The molecule has 12 nitrogen and oxygen atoms in total. The second kappa shape index (κ2) is 20.0. The molecule has 0 spiro atoms. The highest BCUT2D eigenvalue weighted by Crippen LogP contribution is 2.69. The summed E-state index contributed by atoms with van der Waals surface area (Å²) in [5.74, 6) is 5.21. The summed E-state index contributed by atoms with van der Waals surface area (Å²) < 4.78 is 23.5. The van der Waals surface area contributed by atoms with Crippen LogP contribution in [0.5, 0.6) is 0 Å². The number of morpholine rings is 2. The number of carbonyl (C=O) groups is 2. The third-order valence-electron chi connectivity index (χ3n) is 24.1. The molecule has 4 saturated heterocycles. The van der Waals surface area contributed by atoms with E-state index in [2.05, 4.69) is 47.3 Å². The normalized spacial score (nSPS) is 50.9. The predicted molar refractivity (Wildman–Crippen MR) is 270 cm³/mol. The Morgan fingerprint density at radius 1 is 0.486 bits per heavy atom. The molecule has 8 saturated carbocycles. The third-order valence-corrected chi connectivity index (χ3v) is 24.1. The first kappa shape index (κ1) is 50.8. The molecule has 0 aromatic carbocycles. The first-order valence-electron chi connectivity index (χ1n) is 29.4. The first-order chi connectivity index (χ1) is 33.6. The van der Waals surface area contributed by atoms with Crippen molar-refractivity contribution in [2.45, 2.75) is 206 Å². The lowest BCUT2D eigenvalue weighted by Crippen LogP contribution is -2.61. The summed E-state index contributed by atoms with van der Waals surface area (Å²) in [4.78, 5) is 34.8. The van der Waals surface area contributed by atoms with Crippen molar-refractivity contribution < 1.29 is 38.7 Å². The molecule has 8 aliphatic carbocycles. The van der Waals surface area contributed by atoms with Crippen LogP contribution in [0.15, 0.2) is 0 Å². The number of rotatable bonds is 6. The van der Waals surface area contributed by atoms with Crippen molar-refractivity contribution in [2.75, 3.05) is 78.8 Å². The Hall–Kier alpha value is -1.38. The van der Waals surface area contributed by atoms with Gasteiger partial charge < -0.3 is 29.2 Å². The summed E-state index contributed by atoms with van der Waals surface area (Å²) in [5, 5.41) is 22.7. The second-order valence-electron chi connectivity index (χ2n) is 27.0. The van der Waals surface area contributed by atoms with Gasteiger partial charge in [0.25, 0.3) is 0 Å². The number of hydrogen-bond donors (Lipinski definition) is 2. The number of ether oxygens (including phenoxy) is 4. The van der Waals surface area contributed by atoms with Gasteiger partial charge in [-0.1, -0.05) is 27.7 Å². The summed E-state index contributed by atoms with van der Waals surface area (Å²) in [6.45, 7) is 24.9. The van der Waals surface area contributed by atoms with Crippen molar-refractivity contribution in [3.05, 3.63) is 0 Å². The van der Waals surface area contributed by atoms with E-state index < -0.39 is 0 Å². The number of likely N-dealkylation sites (tertiary alicyclic amines) is 2. The Morgan fingerprint density at radius 3 is 1.50 bits per heavy atom. The van der Waals surface area contributed by atoms with E-state index in [0.717, 1.165) is 110 Å². The van der Waals surface area contributed by atoms with Gasteiger partial charge in [0.2, 0.25) is 0 Å². The van der Waals surface area contributed by atoms with Crippen LogP contribution < -0.4 is 0 Å². The number of aliphatic hydroxyl groups excluding tert-OH is 2. The maximum atomic E-state index is 12.3. The molecule has 12 fully saturated rings. The van der Waals surface area contributed by atoms with E-state index >= 15 is 0 Å². The molecule has 20 atom stereocenters. The zero-order valence-electron chi connectivity index (χ0n) is 44.6. The summed E-state index contributed by atoms with van der Waals surface area (Å²) in [7, 11) is 0. The fraction of sp³-hybridized carbons (Fsp3) is 0.966. The van der Waals surface area contributed by atoms with Gasteiger partial charge in [-0.3, -0.25) is 29.2 Å². The molecule has 2 N–H and O–H groups in total. The SMILES string of the molecule is CC(=O)O[C@H]1CC2CCC3C(CC[C@@]4(C)C3C[C@H](N3CCCC3)[C@@H]4OC(C)=O)[C@@]2(C)C[C@@H]1N1CCOCC1.C[C@]12C[C@H](N3CCOCC3)[C@@H](O)CC1CCC1C2CC[C@@]2(C)C1C[C@H](N1CCCC1)[C@@H]2O. The standard InChI is InChI=1S/C31H50N2O5.C27H46N2O3/c1-20(34)37-28-17-22-7-8-23-24(31(22,4)19-27(28)33-13-15-36-16-14-33)9-10-30(3)25(23)18-26(29(30)38-21(2)35)32-11-5-6-12-32;1-26-8-7-20-19(21(26)16-22(25(26)31)28-9-3-4-10-28)6-5-18-15-24(30)23(17-27(18,20)2)29-11-13-32-14-12-29/h22-29H,5-19H2,1-4H3;18-25,30-31H,3-17H2,1-2H3/t22?,23?,24?,25?,26-,27-,28-,29-,30-,31-;18?,19?,20?,21?,22-,23-,24-,25-,26-,27-/m00/s1. The number of nitrogens with zero attached hydrogens (tertiary/aromatic N) is 4. The van der Waals surface area contributed by atoms with Crippen molar-refractivity contribution in [1.29, 1.82) is 0 Å². The van der Waals surface area contributed by atoms with Gasteiger partial charge in [-0.15, -0.1) is 0 Å². The van der Waals surface area contributed by atoms with Gasteiger partial charge in [0, 0.05) is 69.6 Å². The van der Waals surface area contributed by atoms with E-state index in [4.69, 9.17) is 18.9 Å². The maximum absolute atomic E-state index is 12.3. The molecule has 70 heavy (non-hydrogen) atoms. The number of aliphatic hydroxyl groups is 2. The Kier molecular flexibility index (Phi) is 14.5. The average Bonchev–Trinajstić information content (AvgIpc) is 4.17. The van der Waals surface area contributed by atoms with E-state index in [-0.39, 0.29) is 58.6 Å². The molecule has 8 unspecified atom stereocenters. The molecule has 0 amide bonds. The van der Waals surface area contributed by atoms with Crippen LogP contribution in [0.2, 0.25) is 0 Å². The molecule has 4 aliphatic heterocycles. The second-order valence-corrected chi connectivity index (χ2v) is 27.0. The smallest absolute Gasteiger partial charge is 0.302 e. The van der Waals surface area contributed by atoms with Crippen LogP contribution >= 0.6 is 0 Å². The van der Waals surface area contributed by atoms with Crippen molar-refractivity contribution in [1.82, 2.24) is 19.6 Å². The van der Waals surface area contributed by atoms with Crippen molar-refractivity contribution in [3.63, 3.8) is 0 Å². The number of fused-ring (bicyclic) bond motifs is 10. The van der Waals surface area contributed by atoms with E-state index in [1.807, 2.05) is 0 Å². The molecular weight excluding hydrogens is 881 g/mol. The highest BCUT2D eigenvalue weighted by molar-refractivity contribution is 5.66. The Bertz CT molecular complexity index is 1850. The van der Waals surface area contributed by atoms with Crippen LogP contribution in [0.25, 0.3) is 0 Å². The maximum Gasteiger partial charge on any atom is 0.302 e. The van der Waals surface area contributed by atoms with Gasteiger partial charge in [0.1, 0.15) is 12.2 Å². The van der Waals surface area contributed by atoms with Gasteiger partial charge >= 0.3 is 11.9 Å². The van der Waals surface area contributed by atoms with E-state index in [9.17, 15) is 19.8 Å². The molecule has 0 radical (unpaired) electrons. The zero-order chi connectivity index (χ0) is 48.7. The molecular formula is C58H96N4O8. The monoisotopic (exact) mass is 977 g/mol. The Morgan fingerprint density at radius 2 is 0.943 bits per heavy atom. The topological polar surface area (TPSA) is 124 Å². The Balaban J connectivity index is 0.000000154. The quantitative estimate of drug-likeness (QED) is 0.258. The molecule has 12 rings (SSSR count). The minimum absolute atomic E-state index is 0.00606. The first-order valence-corrected chi connectivity index (χ1v) is 29.4. The number of esters is 2. The van der Waals surface area contributed by atoms with Gasteiger partial charge in [-0.05, 0) is 205 Å². The Labute approximate surface area is 422 Å². The predicted octanol–water partition coefficient (Wildman–Crippen LogP) is 7.41. The van der Waals surface area contributed by atoms with Crippen LogP contribution in [-0.2, 0) is 28.5 Å². The van der Waals surface area contributed by atoms with Crippen LogP contribution in [-0.4, -0.2) is 169 Å². The van der Waals surface area contributed by atoms with Crippen LogP contribution in [0.1, 0.15) is 157 Å². The minimum Gasteiger partial charge on any atom is -0.461 e. The number of carbonyl (C=O) groups excluding carboxylic acids is 2. The number of hydrogen-bond acceptors (Lipinski definition) is 12. The largest absolute Gasteiger partial charge is 0.461 e. The fourth-order valence-corrected chi connectivity index (χ4v) is 20.6. The van der Waals surface area contributed by atoms with Crippen LogP contribution in [0.4, 0.5) is 0 Å². The summed E-state index contributed by atoms with van der Waals surface area (Å²) in [6.07, 6.45) is 21.4. The molecule has 0 aromatic heterocycles. The van der Waals surface area contributed by atoms with Gasteiger partial charge in [-0.25, -0.2) is 0 Å². The fourth-order valence-electron chi connectivity index (χ4n) is 20.6. The molecule has 12 heteroatoms. The van der Waals surface area contributed by atoms with E-state index in [0.29, 0.717) is 59.0 Å². The molecule has 12 aliphatic rings. The van der Waals surface area contributed by atoms with Crippen LogP contribution in [0, 0.1) is 69.0 Å². The minimum atomic E-state index is -0.176. The van der Waals surface area contributed by atoms with Crippen LogP contribution in [0.3, 0.4) is 0 Å². The van der Waals surface area contributed by atoms with Gasteiger partial charge in [-0.2, -0.15) is 0 Å². The van der Waals surface area contributed by atoms with Crippen molar-refractivity contribution in [2.24, 2.45) is 69.0 Å². The lowest BCUT2D eigenvalue weighted by molar-refractivity contribution is -0.182. The summed E-state index contributed by atoms with van der Waals surface area (Å²) in [6, 6.07) is 1.36. The molecule has 0 bridgehead atoms. The van der Waals surface area contributed by atoms with E-state index in [1.54, 1.807) is 13.8 Å². The van der Waals surface area contributed by atoms with Gasteiger partial charge in [0.15, 0.2) is 0 Å². The highest BCUT2D eigenvalue weighted by Gasteiger charge is 2.67. The zero-order valence-corrected chi connectivity index (χ0v) is 44.6. The van der Waals surface area contributed by atoms with Crippen molar-refractivity contribution >= 4 is 11.9 Å². The summed E-state index contributed by atoms with van der Waals surface area (Å²) in [5.41, 5.74) is 0.771. The summed E-state index contributed by atoms with van der Waals surface area (Å²) >= 11 is 0. The van der Waals surface area contributed by atoms with Crippen molar-refractivity contribution in [3.8, 4) is 0 Å². The molecule has 0 aromatic rings. The lowest BCUT2D eigenvalue weighted by Gasteiger charge is -2.62. The third kappa shape index (κ3) is 8.79. The van der Waals surface area contributed by atoms with Gasteiger partial charge in [0.05, 0.1) is 38.6 Å². The highest BCUT2D eigenvalue weighted by atomic mass is 16.5. The van der Waals surface area contributed by atoms with E-state index in [1.165, 1.54) is 96.6 Å². The molecule has 396 valence electrons. The lowest BCUT2D eigenvalue weighted by atomic mass is 9.44. The average molecular weight is 977 g/mol. The molecule has 4 heterocycles.